The van der Waals surface area contributed by atoms with Crippen molar-refractivity contribution in [3.05, 3.63) is 82.3 Å². The molecule has 54 heavy (non-hydrogen) atoms. The van der Waals surface area contributed by atoms with E-state index in [0.717, 1.165) is 0 Å². The van der Waals surface area contributed by atoms with Crippen LogP contribution in [0, 0.1) is 0 Å². The molecule has 2 heterocycles. The predicted molar refractivity (Wildman–Crippen MR) is 198 cm³/mol. The second-order valence-electron chi connectivity index (χ2n) is 14.6. The number of unbranched alkanes of at least 4 members (excludes halogenated alkanes) is 3. The minimum Gasteiger partial charge on any atom is -0.506 e. The van der Waals surface area contributed by atoms with E-state index in [-0.39, 0.29) is 52.5 Å². The van der Waals surface area contributed by atoms with Crippen LogP contribution in [0.1, 0.15) is 77.3 Å². The van der Waals surface area contributed by atoms with Crippen LogP contribution < -0.4 is 4.90 Å². The van der Waals surface area contributed by atoms with Crippen molar-refractivity contribution >= 4 is 59.2 Å². The molecule has 0 saturated carbocycles. The number of carboxylic acid groups (broad SMARTS) is 1. The van der Waals surface area contributed by atoms with Crippen molar-refractivity contribution < 1.29 is 63.3 Å². The zero-order valence-corrected chi connectivity index (χ0v) is 32.6. The average molecular weight is 808 g/mol. The molecule has 2 aromatic carbocycles. The van der Waals surface area contributed by atoms with Crippen molar-refractivity contribution in [1.29, 1.82) is 0 Å². The third kappa shape index (κ3) is 8.08. The van der Waals surface area contributed by atoms with Gasteiger partial charge in [-0.05, 0) is 81.5 Å². The lowest BCUT2D eigenvalue weighted by Crippen LogP contribution is -2.32. The van der Waals surface area contributed by atoms with Gasteiger partial charge in [0, 0.05) is 53.9 Å². The van der Waals surface area contributed by atoms with Gasteiger partial charge in [-0.1, -0.05) is 13.8 Å². The zero-order valence-electron chi connectivity index (χ0n) is 30.1. The molecule has 292 valence electrons. The zero-order chi connectivity index (χ0) is 40.2. The number of carbonyl (C=O) groups is 2. The Labute approximate surface area is 314 Å². The minimum absolute atomic E-state index is 0.00252. The van der Waals surface area contributed by atoms with Crippen LogP contribution in [-0.4, -0.2) is 90.0 Å². The van der Waals surface area contributed by atoms with Gasteiger partial charge in [0.05, 0.1) is 32.1 Å². The molecule has 0 saturated heterocycles. The van der Waals surface area contributed by atoms with Crippen LogP contribution in [0.3, 0.4) is 0 Å². The smallest absolute Gasteiger partial charge is 0.303 e. The molecule has 5 rings (SSSR count). The molecule has 0 radical (unpaired) electrons. The molecular weight excluding hydrogens is 765 g/mol. The Bertz CT molecular complexity index is 2400. The van der Waals surface area contributed by atoms with Gasteiger partial charge in [0.2, 0.25) is 11.5 Å². The maximum atomic E-state index is 13.9. The number of aliphatic hydroxyl groups is 1. The number of benzene rings is 2. The first-order valence-corrected chi connectivity index (χ1v) is 21.6. The molecule has 3 aliphatic rings. The molecule has 5 N–H and O–H groups in total. The standard InChI is InChI=1S/C36H42N2O13S3/c1-35(2)26-18-22(53(46,47)48)11-13-28(26)37(15-7-5-6-10-32(39)40)30(35)20-24-33(41)25(34(24)42)21-31-36(3,4)27-19-23(54(49,50)51)12-14-29(27)38(31)16-8-9-17-52(43,44)45/h11-14,18-21H,5-10,15-17H2,1-4H3,(H4-,39,40,41,42,43,44,45,46,47,48,49,50,51)/p+1. The third-order valence-electron chi connectivity index (χ3n) is 10.2. The van der Waals surface area contributed by atoms with E-state index >= 15 is 0 Å². The summed E-state index contributed by atoms with van der Waals surface area (Å²) in [6, 6.07) is 8.21. The number of Topliss-reactive ketones (excluding diaryl/α,β-unsaturated/α-hetero) is 1. The summed E-state index contributed by atoms with van der Waals surface area (Å²) in [4.78, 5) is 26.0. The number of carbonyl (C=O) groups excluding carboxylic acids is 1. The first kappa shape index (κ1) is 41.0. The van der Waals surface area contributed by atoms with Crippen LogP contribution in [0.2, 0.25) is 0 Å². The first-order chi connectivity index (χ1) is 24.9. The first-order valence-electron chi connectivity index (χ1n) is 17.1. The summed E-state index contributed by atoms with van der Waals surface area (Å²) in [5.74, 6) is -2.24. The Hall–Kier alpha value is -4.20. The van der Waals surface area contributed by atoms with E-state index in [1.807, 2.05) is 18.4 Å². The van der Waals surface area contributed by atoms with Crippen LogP contribution in [0.4, 0.5) is 11.4 Å². The van der Waals surface area contributed by atoms with Gasteiger partial charge in [0.25, 0.3) is 30.4 Å². The van der Waals surface area contributed by atoms with Crippen molar-refractivity contribution in [2.75, 3.05) is 23.7 Å². The van der Waals surface area contributed by atoms with E-state index in [0.29, 0.717) is 59.7 Å². The highest BCUT2D eigenvalue weighted by Crippen LogP contribution is 2.50. The average Bonchev–Trinajstić information content (AvgIpc) is 3.40. The highest BCUT2D eigenvalue weighted by atomic mass is 32.2. The Kier molecular flexibility index (Phi) is 11.0. The lowest BCUT2D eigenvalue weighted by atomic mass is 9.77. The van der Waals surface area contributed by atoms with E-state index < -0.39 is 58.7 Å². The molecule has 2 aliphatic heterocycles. The van der Waals surface area contributed by atoms with Crippen molar-refractivity contribution in [2.24, 2.45) is 0 Å². The maximum absolute atomic E-state index is 13.9. The van der Waals surface area contributed by atoms with Crippen LogP contribution in [0.15, 0.2) is 80.9 Å². The van der Waals surface area contributed by atoms with Gasteiger partial charge in [-0.25, -0.2) is 0 Å². The van der Waals surface area contributed by atoms with Gasteiger partial charge in [0.15, 0.2) is 5.71 Å². The number of aliphatic hydroxyl groups excluding tert-OH is 1. The number of carboxylic acids is 1. The van der Waals surface area contributed by atoms with Crippen LogP contribution in [0.25, 0.3) is 0 Å². The summed E-state index contributed by atoms with van der Waals surface area (Å²) >= 11 is 0. The van der Waals surface area contributed by atoms with E-state index in [4.69, 9.17) is 5.11 Å². The minimum atomic E-state index is -4.57. The molecule has 0 aromatic heterocycles. The van der Waals surface area contributed by atoms with Gasteiger partial charge >= 0.3 is 5.97 Å². The summed E-state index contributed by atoms with van der Waals surface area (Å²) in [5, 5.41) is 20.5. The van der Waals surface area contributed by atoms with Gasteiger partial charge < -0.3 is 15.1 Å². The van der Waals surface area contributed by atoms with Crippen molar-refractivity contribution in [1.82, 2.24) is 0 Å². The Balaban J connectivity index is 1.57. The van der Waals surface area contributed by atoms with E-state index in [1.165, 1.54) is 42.5 Å². The van der Waals surface area contributed by atoms with Crippen molar-refractivity contribution in [2.45, 2.75) is 86.8 Å². The molecule has 0 bridgehead atoms. The normalized spacial score (nSPS) is 19.5. The number of nitrogens with zero attached hydrogens (tertiary/aromatic N) is 2. The number of rotatable bonds is 15. The van der Waals surface area contributed by atoms with Gasteiger partial charge in [-0.3, -0.25) is 23.2 Å². The monoisotopic (exact) mass is 807 g/mol. The number of anilines is 1. The number of hydrogen-bond donors (Lipinski definition) is 5. The third-order valence-corrected chi connectivity index (χ3v) is 12.7. The SMILES string of the molecule is CC1(C)C(=CC2=C(O)C(=CC3=[N+](CCCCCC(=O)O)c4ccc(S(=O)(=O)O)cc4C3(C)C)C2=O)N(CCCCS(=O)(=O)O)c2ccc(S(=O)(=O)O)cc21. The number of fused-ring (bicyclic) bond motifs is 2. The van der Waals surface area contributed by atoms with Crippen LogP contribution in [0.5, 0.6) is 0 Å². The quantitative estimate of drug-likeness (QED) is 0.0698. The Morgan fingerprint density at radius 1 is 0.796 bits per heavy atom. The molecule has 2 aromatic rings. The maximum Gasteiger partial charge on any atom is 0.303 e. The van der Waals surface area contributed by atoms with E-state index in [9.17, 15) is 53.6 Å². The highest BCUT2D eigenvalue weighted by molar-refractivity contribution is 7.86. The van der Waals surface area contributed by atoms with E-state index in [2.05, 4.69) is 0 Å². The highest BCUT2D eigenvalue weighted by Gasteiger charge is 2.48. The lowest BCUT2D eigenvalue weighted by molar-refractivity contribution is -0.438. The van der Waals surface area contributed by atoms with Gasteiger partial charge in [0.1, 0.15) is 12.3 Å². The number of ketones is 1. The van der Waals surface area contributed by atoms with Crippen LogP contribution in [-0.2, 0) is 50.8 Å². The summed E-state index contributed by atoms with van der Waals surface area (Å²) < 4.78 is 101. The molecule has 18 heteroatoms. The van der Waals surface area contributed by atoms with Crippen molar-refractivity contribution in [3.63, 3.8) is 0 Å². The fourth-order valence-corrected chi connectivity index (χ4v) is 8.88. The summed E-state index contributed by atoms with van der Waals surface area (Å²) in [7, 11) is -13.3. The molecule has 0 atom stereocenters. The molecular formula is C36H43N2O13S3+. The molecule has 0 spiro atoms. The topological polar surface area (TPSA) is 244 Å². The molecule has 0 fully saturated rings. The number of aliphatic carboxylic acids is 1. The number of allylic oxidation sites excluding steroid dienone is 5. The predicted octanol–water partition coefficient (Wildman–Crippen LogP) is 4.87. The van der Waals surface area contributed by atoms with Crippen molar-refractivity contribution in [3.8, 4) is 0 Å². The largest absolute Gasteiger partial charge is 0.506 e. The van der Waals surface area contributed by atoms with E-state index in [1.54, 1.807) is 24.8 Å². The van der Waals surface area contributed by atoms with Gasteiger partial charge in [-0.15, -0.1) is 0 Å². The second kappa shape index (κ2) is 14.5. The molecule has 0 unspecified atom stereocenters. The van der Waals surface area contributed by atoms with Gasteiger partial charge in [-0.2, -0.15) is 29.8 Å². The molecule has 1 aliphatic carbocycles. The van der Waals surface area contributed by atoms with Crippen LogP contribution >= 0.6 is 0 Å². The summed E-state index contributed by atoms with van der Waals surface area (Å²) in [5.41, 5.74) is 1.27. The fourth-order valence-electron chi connectivity index (χ4n) is 7.29. The lowest BCUT2D eigenvalue weighted by Gasteiger charge is -2.29. The number of hydrogen-bond acceptors (Lipinski definition) is 10. The molecule has 0 amide bonds. The molecule has 15 nitrogen and oxygen atoms in total. The summed E-state index contributed by atoms with van der Waals surface area (Å²) in [6.07, 6.45) is 4.95. The second-order valence-corrected chi connectivity index (χ2v) is 19.0. The Morgan fingerprint density at radius 2 is 1.41 bits per heavy atom. The Morgan fingerprint density at radius 3 is 1.98 bits per heavy atom. The summed E-state index contributed by atoms with van der Waals surface area (Å²) in [6.45, 7) is 7.73. The fraction of sp³-hybridized carbons (Fsp3) is 0.417.